The topological polar surface area (TPSA) is 66.5 Å². The van der Waals surface area contributed by atoms with Gasteiger partial charge < -0.3 is 5.32 Å². The normalized spacial score (nSPS) is 12.5. The molecule has 1 atom stereocenters. The van der Waals surface area contributed by atoms with E-state index in [2.05, 4.69) is 21.2 Å². The average Bonchev–Trinajstić information content (AvgIpc) is 2.75. The van der Waals surface area contributed by atoms with Gasteiger partial charge in [-0.15, -0.1) is 0 Å². The second kappa shape index (κ2) is 10.8. The first-order valence-corrected chi connectivity index (χ1v) is 12.7. The van der Waals surface area contributed by atoms with Crippen LogP contribution in [0.5, 0.6) is 0 Å². The molecule has 0 aliphatic heterocycles. The molecule has 0 aromatic heterocycles. The number of hydrogen-bond donors (Lipinski definition) is 1. The quantitative estimate of drug-likeness (QED) is 0.380. The molecule has 0 bridgehead atoms. The Morgan fingerprint density at radius 3 is 2.03 bits per heavy atom. The Bertz CT molecular complexity index is 1170. The van der Waals surface area contributed by atoms with E-state index in [0.717, 1.165) is 19.9 Å². The third-order valence-electron chi connectivity index (χ3n) is 4.79. The SMILES string of the molecule is C[C@H](NC(=O)CN(Cc1ccc(Br)cc1)S(=O)(=O)c1ccc(Cl)cc1)c1ccc(Cl)cc1. The van der Waals surface area contributed by atoms with Crippen molar-refractivity contribution in [3.63, 3.8) is 0 Å². The van der Waals surface area contributed by atoms with Crippen LogP contribution in [0.1, 0.15) is 24.1 Å². The van der Waals surface area contributed by atoms with Crippen LogP contribution < -0.4 is 5.32 Å². The summed E-state index contributed by atoms with van der Waals surface area (Å²) < 4.78 is 28.7. The molecule has 0 heterocycles. The van der Waals surface area contributed by atoms with E-state index >= 15 is 0 Å². The zero-order valence-corrected chi connectivity index (χ0v) is 21.0. The fraction of sp³-hybridized carbons (Fsp3) is 0.174. The summed E-state index contributed by atoms with van der Waals surface area (Å²) >= 11 is 15.2. The van der Waals surface area contributed by atoms with Crippen molar-refractivity contribution in [2.75, 3.05) is 6.54 Å². The van der Waals surface area contributed by atoms with Gasteiger partial charge >= 0.3 is 0 Å². The van der Waals surface area contributed by atoms with Gasteiger partial charge in [0.1, 0.15) is 0 Å². The van der Waals surface area contributed by atoms with Gasteiger partial charge in [-0.2, -0.15) is 4.31 Å². The van der Waals surface area contributed by atoms with Gasteiger partial charge in [0.25, 0.3) is 0 Å². The van der Waals surface area contributed by atoms with E-state index in [1.165, 1.54) is 24.3 Å². The number of benzene rings is 3. The van der Waals surface area contributed by atoms with Crippen LogP contribution in [-0.2, 0) is 21.4 Å². The third-order valence-corrected chi connectivity index (χ3v) is 7.63. The number of hydrogen-bond acceptors (Lipinski definition) is 3. The summed E-state index contributed by atoms with van der Waals surface area (Å²) in [6.07, 6.45) is 0. The highest BCUT2D eigenvalue weighted by Crippen LogP contribution is 2.22. The van der Waals surface area contributed by atoms with Crippen molar-refractivity contribution < 1.29 is 13.2 Å². The fourth-order valence-electron chi connectivity index (χ4n) is 3.06. The molecule has 3 aromatic carbocycles. The lowest BCUT2D eigenvalue weighted by Gasteiger charge is -2.23. The van der Waals surface area contributed by atoms with E-state index in [9.17, 15) is 13.2 Å². The molecule has 0 radical (unpaired) electrons. The predicted octanol–water partition coefficient (Wildman–Crippen LogP) is 5.82. The van der Waals surface area contributed by atoms with Crippen LogP contribution in [0, 0.1) is 0 Å². The van der Waals surface area contributed by atoms with Gasteiger partial charge in [0.05, 0.1) is 17.5 Å². The standard InChI is InChI=1S/C23H21BrCl2N2O3S/c1-16(18-4-8-20(25)9-5-18)27-23(29)15-28(14-17-2-6-19(24)7-3-17)32(30,31)22-12-10-21(26)11-13-22/h2-13,16H,14-15H2,1H3,(H,27,29)/t16-/m0/s1. The molecular formula is C23H21BrCl2N2O3S. The fourth-order valence-corrected chi connectivity index (χ4v) is 4.96. The third kappa shape index (κ3) is 6.56. The number of nitrogens with one attached hydrogen (secondary N) is 1. The maximum absolute atomic E-state index is 13.3. The van der Waals surface area contributed by atoms with E-state index < -0.39 is 15.9 Å². The van der Waals surface area contributed by atoms with E-state index in [0.29, 0.717) is 10.0 Å². The van der Waals surface area contributed by atoms with Crippen LogP contribution >= 0.6 is 39.1 Å². The number of rotatable bonds is 8. The number of amides is 1. The summed E-state index contributed by atoms with van der Waals surface area (Å²) in [5, 5.41) is 3.88. The molecule has 0 aliphatic rings. The number of carbonyl (C=O) groups is 1. The van der Waals surface area contributed by atoms with Crippen molar-refractivity contribution in [2.45, 2.75) is 24.4 Å². The Labute approximate surface area is 206 Å². The molecule has 0 saturated heterocycles. The van der Waals surface area contributed by atoms with Gasteiger partial charge in [-0.1, -0.05) is 63.4 Å². The molecule has 1 amide bonds. The lowest BCUT2D eigenvalue weighted by atomic mass is 10.1. The van der Waals surface area contributed by atoms with Crippen molar-refractivity contribution in [2.24, 2.45) is 0 Å². The lowest BCUT2D eigenvalue weighted by molar-refractivity contribution is -0.122. The van der Waals surface area contributed by atoms with Crippen LogP contribution in [-0.4, -0.2) is 25.2 Å². The Hall–Kier alpha value is -1.90. The first kappa shape index (κ1) is 24.7. The molecule has 9 heteroatoms. The molecule has 168 valence electrons. The van der Waals surface area contributed by atoms with Crippen molar-refractivity contribution in [1.82, 2.24) is 9.62 Å². The monoisotopic (exact) mass is 554 g/mol. The van der Waals surface area contributed by atoms with Gasteiger partial charge in [-0.05, 0) is 66.6 Å². The molecule has 0 aliphatic carbocycles. The molecule has 0 saturated carbocycles. The lowest BCUT2D eigenvalue weighted by Crippen LogP contribution is -2.41. The van der Waals surface area contributed by atoms with E-state index in [4.69, 9.17) is 23.2 Å². The van der Waals surface area contributed by atoms with Gasteiger partial charge in [-0.3, -0.25) is 4.79 Å². The van der Waals surface area contributed by atoms with E-state index in [1.54, 1.807) is 12.1 Å². The summed E-state index contributed by atoms with van der Waals surface area (Å²) in [7, 11) is -3.94. The number of halogens is 3. The van der Waals surface area contributed by atoms with Gasteiger partial charge in [0.2, 0.25) is 15.9 Å². The molecular weight excluding hydrogens is 535 g/mol. The maximum atomic E-state index is 13.3. The molecule has 0 fully saturated rings. The Balaban J connectivity index is 1.82. The summed E-state index contributed by atoms with van der Waals surface area (Å²) in [4.78, 5) is 12.9. The smallest absolute Gasteiger partial charge is 0.243 e. The van der Waals surface area contributed by atoms with E-state index in [1.807, 2.05) is 43.3 Å². The van der Waals surface area contributed by atoms with E-state index in [-0.39, 0.29) is 24.0 Å². The minimum Gasteiger partial charge on any atom is -0.348 e. The van der Waals surface area contributed by atoms with Crippen LogP contribution in [0.15, 0.2) is 82.2 Å². The molecule has 0 spiro atoms. The van der Waals surface area contributed by atoms with Crippen molar-refractivity contribution in [3.05, 3.63) is 98.4 Å². The number of nitrogens with zero attached hydrogens (tertiary/aromatic N) is 1. The zero-order chi connectivity index (χ0) is 23.3. The largest absolute Gasteiger partial charge is 0.348 e. The van der Waals surface area contributed by atoms with Crippen LogP contribution in [0.4, 0.5) is 0 Å². The predicted molar refractivity (Wildman–Crippen MR) is 131 cm³/mol. The molecule has 0 unspecified atom stereocenters. The van der Waals surface area contributed by atoms with Crippen LogP contribution in [0.2, 0.25) is 10.0 Å². The minimum absolute atomic E-state index is 0.0426. The van der Waals surface area contributed by atoms with Crippen LogP contribution in [0.3, 0.4) is 0 Å². The Morgan fingerprint density at radius 1 is 0.938 bits per heavy atom. The van der Waals surface area contributed by atoms with Crippen molar-refractivity contribution >= 4 is 55.1 Å². The minimum atomic E-state index is -3.94. The van der Waals surface area contributed by atoms with Gasteiger partial charge in [0.15, 0.2) is 0 Å². The Morgan fingerprint density at radius 2 is 1.47 bits per heavy atom. The number of carbonyl (C=O) groups excluding carboxylic acids is 1. The maximum Gasteiger partial charge on any atom is 0.243 e. The van der Waals surface area contributed by atoms with Crippen molar-refractivity contribution in [3.8, 4) is 0 Å². The summed E-state index contributed by atoms with van der Waals surface area (Å²) in [6.45, 7) is 1.54. The first-order valence-electron chi connectivity index (χ1n) is 9.70. The second-order valence-electron chi connectivity index (χ2n) is 7.19. The Kier molecular flexibility index (Phi) is 8.36. The summed E-state index contributed by atoms with van der Waals surface area (Å²) in [6, 6.07) is 19.9. The molecule has 3 aromatic rings. The molecule has 32 heavy (non-hydrogen) atoms. The van der Waals surface area contributed by atoms with Crippen molar-refractivity contribution in [1.29, 1.82) is 0 Å². The average molecular weight is 556 g/mol. The highest BCUT2D eigenvalue weighted by Gasteiger charge is 2.27. The molecule has 1 N–H and O–H groups in total. The number of sulfonamides is 1. The van der Waals surface area contributed by atoms with Crippen LogP contribution in [0.25, 0.3) is 0 Å². The summed E-state index contributed by atoms with van der Waals surface area (Å²) in [5.74, 6) is -0.415. The second-order valence-corrected chi connectivity index (χ2v) is 10.9. The van der Waals surface area contributed by atoms with Gasteiger partial charge in [-0.25, -0.2) is 8.42 Å². The highest BCUT2D eigenvalue weighted by atomic mass is 79.9. The molecule has 5 nitrogen and oxygen atoms in total. The molecule has 3 rings (SSSR count). The first-order chi connectivity index (χ1) is 15.1. The highest BCUT2D eigenvalue weighted by molar-refractivity contribution is 9.10. The van der Waals surface area contributed by atoms with Gasteiger partial charge in [0, 0.05) is 21.1 Å². The zero-order valence-electron chi connectivity index (χ0n) is 17.1. The summed E-state index contributed by atoms with van der Waals surface area (Å²) in [5.41, 5.74) is 1.62.